The molecule has 4 heteroatoms. The maximum atomic E-state index is 11.4. The fourth-order valence-corrected chi connectivity index (χ4v) is 1.54. The van der Waals surface area contributed by atoms with Crippen LogP contribution in [0.1, 0.15) is 36.2 Å². The third-order valence-electron chi connectivity index (χ3n) is 2.15. The Labute approximate surface area is 70.6 Å². The lowest BCUT2D eigenvalue weighted by Crippen LogP contribution is -2.21. The predicted molar refractivity (Wildman–Crippen MR) is 43.0 cm³/mol. The molecule has 0 atom stereocenters. The fourth-order valence-electron chi connectivity index (χ4n) is 1.54. The Morgan fingerprint density at radius 2 is 2.25 bits per heavy atom. The normalized spacial score (nSPS) is 16.2. The SMILES string of the molecule is CCc1nnc2n1C(=O)CCC2. The number of carbonyl (C=O) groups is 1. The van der Waals surface area contributed by atoms with Gasteiger partial charge in [-0.25, -0.2) is 0 Å². The molecule has 0 aliphatic carbocycles. The Hall–Kier alpha value is -1.19. The Morgan fingerprint density at radius 1 is 1.42 bits per heavy atom. The lowest BCUT2D eigenvalue weighted by atomic mass is 10.1. The highest BCUT2D eigenvalue weighted by atomic mass is 16.2. The van der Waals surface area contributed by atoms with Crippen LogP contribution in [0.15, 0.2) is 0 Å². The van der Waals surface area contributed by atoms with Gasteiger partial charge in [0.25, 0.3) is 0 Å². The average Bonchev–Trinajstić information content (AvgIpc) is 2.49. The maximum absolute atomic E-state index is 11.4. The van der Waals surface area contributed by atoms with Crippen LogP contribution in [0.4, 0.5) is 0 Å². The van der Waals surface area contributed by atoms with Crippen molar-refractivity contribution in [3.05, 3.63) is 11.6 Å². The molecule has 0 amide bonds. The second kappa shape index (κ2) is 2.69. The molecule has 0 bridgehead atoms. The van der Waals surface area contributed by atoms with E-state index in [1.165, 1.54) is 0 Å². The highest BCUT2D eigenvalue weighted by Gasteiger charge is 2.20. The fraction of sp³-hybridized carbons (Fsp3) is 0.625. The number of nitrogens with zero attached hydrogens (tertiary/aromatic N) is 3. The molecule has 0 unspecified atom stereocenters. The van der Waals surface area contributed by atoms with Crippen molar-refractivity contribution in [2.75, 3.05) is 0 Å². The first-order valence-electron chi connectivity index (χ1n) is 4.29. The van der Waals surface area contributed by atoms with Gasteiger partial charge >= 0.3 is 0 Å². The Morgan fingerprint density at radius 3 is 3.00 bits per heavy atom. The van der Waals surface area contributed by atoms with Gasteiger partial charge in [-0.1, -0.05) is 6.92 Å². The lowest BCUT2D eigenvalue weighted by molar-refractivity contribution is 0.0879. The van der Waals surface area contributed by atoms with Gasteiger partial charge in [0.1, 0.15) is 11.6 Å². The van der Waals surface area contributed by atoms with Crippen molar-refractivity contribution < 1.29 is 4.79 Å². The van der Waals surface area contributed by atoms with Crippen molar-refractivity contribution >= 4 is 5.91 Å². The molecular formula is C8H11N3O. The number of carbonyl (C=O) groups excluding carboxylic acids is 1. The van der Waals surface area contributed by atoms with Crippen molar-refractivity contribution in [1.82, 2.24) is 14.8 Å². The van der Waals surface area contributed by atoms with Crippen molar-refractivity contribution in [3.63, 3.8) is 0 Å². The zero-order valence-electron chi connectivity index (χ0n) is 7.08. The smallest absolute Gasteiger partial charge is 0.233 e. The van der Waals surface area contributed by atoms with Crippen LogP contribution >= 0.6 is 0 Å². The van der Waals surface area contributed by atoms with E-state index < -0.39 is 0 Å². The minimum atomic E-state index is 0.151. The summed E-state index contributed by atoms with van der Waals surface area (Å²) in [6.07, 6.45) is 3.22. The summed E-state index contributed by atoms with van der Waals surface area (Å²) in [6.45, 7) is 1.99. The van der Waals surface area contributed by atoms with Gasteiger partial charge in [0.05, 0.1) is 0 Å². The number of rotatable bonds is 1. The molecule has 0 spiro atoms. The summed E-state index contributed by atoms with van der Waals surface area (Å²) in [6, 6.07) is 0. The zero-order valence-corrected chi connectivity index (χ0v) is 7.08. The van der Waals surface area contributed by atoms with E-state index in [4.69, 9.17) is 0 Å². The molecule has 0 fully saturated rings. The summed E-state index contributed by atoms with van der Waals surface area (Å²) in [5, 5.41) is 7.93. The topological polar surface area (TPSA) is 47.8 Å². The van der Waals surface area contributed by atoms with Gasteiger partial charge in [-0.05, 0) is 6.42 Å². The van der Waals surface area contributed by atoms with Crippen LogP contribution in [-0.2, 0) is 12.8 Å². The lowest BCUT2D eigenvalue weighted by Gasteiger charge is -2.12. The molecule has 64 valence electrons. The van der Waals surface area contributed by atoms with Crippen LogP contribution in [0.3, 0.4) is 0 Å². The summed E-state index contributed by atoms with van der Waals surface area (Å²) < 4.78 is 1.67. The minimum Gasteiger partial charge on any atom is -0.274 e. The summed E-state index contributed by atoms with van der Waals surface area (Å²) in [4.78, 5) is 11.4. The largest absolute Gasteiger partial charge is 0.274 e. The first kappa shape index (κ1) is 7.46. The average molecular weight is 165 g/mol. The molecule has 1 aromatic rings. The van der Waals surface area contributed by atoms with Crippen LogP contribution in [0.25, 0.3) is 0 Å². The van der Waals surface area contributed by atoms with Gasteiger partial charge in [0.2, 0.25) is 5.91 Å². The first-order valence-corrected chi connectivity index (χ1v) is 4.29. The summed E-state index contributed by atoms with van der Waals surface area (Å²) in [5.41, 5.74) is 0. The third kappa shape index (κ3) is 0.948. The van der Waals surface area contributed by atoms with E-state index >= 15 is 0 Å². The van der Waals surface area contributed by atoms with Gasteiger partial charge in [-0.3, -0.25) is 9.36 Å². The molecule has 0 aromatic carbocycles. The van der Waals surface area contributed by atoms with E-state index in [0.717, 1.165) is 30.9 Å². The van der Waals surface area contributed by atoms with Gasteiger partial charge in [0, 0.05) is 19.3 Å². The molecule has 12 heavy (non-hydrogen) atoms. The third-order valence-corrected chi connectivity index (χ3v) is 2.15. The maximum Gasteiger partial charge on any atom is 0.233 e. The Kier molecular flexibility index (Phi) is 1.67. The molecule has 2 rings (SSSR count). The summed E-state index contributed by atoms with van der Waals surface area (Å²) in [7, 11) is 0. The van der Waals surface area contributed by atoms with Crippen LogP contribution < -0.4 is 0 Å². The van der Waals surface area contributed by atoms with Crippen LogP contribution in [0, 0.1) is 0 Å². The molecule has 1 aromatic heterocycles. The Bertz CT molecular complexity index is 303. The van der Waals surface area contributed by atoms with E-state index in [0.29, 0.717) is 6.42 Å². The molecule has 2 heterocycles. The molecule has 0 radical (unpaired) electrons. The monoisotopic (exact) mass is 165 g/mol. The number of aromatic nitrogens is 3. The summed E-state index contributed by atoms with van der Waals surface area (Å²) >= 11 is 0. The van der Waals surface area contributed by atoms with Gasteiger partial charge in [0.15, 0.2) is 0 Å². The Balaban J connectivity index is 2.50. The van der Waals surface area contributed by atoms with Crippen LogP contribution in [0.2, 0.25) is 0 Å². The van der Waals surface area contributed by atoms with E-state index in [2.05, 4.69) is 10.2 Å². The van der Waals surface area contributed by atoms with E-state index in [1.807, 2.05) is 6.92 Å². The van der Waals surface area contributed by atoms with E-state index in [9.17, 15) is 4.79 Å². The first-order chi connectivity index (χ1) is 5.83. The van der Waals surface area contributed by atoms with Crippen molar-refractivity contribution in [1.29, 1.82) is 0 Å². The van der Waals surface area contributed by atoms with Crippen molar-refractivity contribution in [2.24, 2.45) is 0 Å². The van der Waals surface area contributed by atoms with Crippen LogP contribution in [0.5, 0.6) is 0 Å². The number of hydrogen-bond acceptors (Lipinski definition) is 3. The highest BCUT2D eigenvalue weighted by Crippen LogP contribution is 2.14. The molecule has 0 saturated carbocycles. The molecule has 1 aliphatic heterocycles. The number of aryl methyl sites for hydroxylation is 2. The van der Waals surface area contributed by atoms with Crippen molar-refractivity contribution in [3.8, 4) is 0 Å². The second-order valence-corrected chi connectivity index (χ2v) is 2.97. The molecule has 4 nitrogen and oxygen atoms in total. The minimum absolute atomic E-state index is 0.151. The van der Waals surface area contributed by atoms with E-state index in [-0.39, 0.29) is 5.91 Å². The van der Waals surface area contributed by atoms with E-state index in [1.54, 1.807) is 4.57 Å². The molecule has 0 N–H and O–H groups in total. The molecule has 0 saturated heterocycles. The summed E-state index contributed by atoms with van der Waals surface area (Å²) in [5.74, 6) is 1.79. The number of fused-ring (bicyclic) bond motifs is 1. The second-order valence-electron chi connectivity index (χ2n) is 2.97. The van der Waals surface area contributed by atoms with Gasteiger partial charge < -0.3 is 0 Å². The predicted octanol–water partition coefficient (Wildman–Crippen LogP) is 0.817. The highest BCUT2D eigenvalue weighted by molar-refractivity contribution is 5.80. The standard InChI is InChI=1S/C8H11N3O/c1-2-6-9-10-7-4-3-5-8(12)11(6)7/h2-5H2,1H3. The van der Waals surface area contributed by atoms with Gasteiger partial charge in [-0.2, -0.15) is 0 Å². The molecular weight excluding hydrogens is 154 g/mol. The quantitative estimate of drug-likeness (QED) is 0.618. The molecule has 1 aliphatic rings. The zero-order chi connectivity index (χ0) is 8.55. The van der Waals surface area contributed by atoms with Crippen LogP contribution in [-0.4, -0.2) is 20.7 Å². The van der Waals surface area contributed by atoms with Gasteiger partial charge in [-0.15, -0.1) is 10.2 Å². The number of hydrogen-bond donors (Lipinski definition) is 0. The van der Waals surface area contributed by atoms with Crippen molar-refractivity contribution in [2.45, 2.75) is 32.6 Å².